The number of fused-ring (bicyclic) bond motifs is 5. The maximum Gasteiger partial charge on any atom is 0.409 e. The van der Waals surface area contributed by atoms with Crippen LogP contribution in [0.5, 0.6) is 5.75 Å². The number of aliphatic hydroxyl groups is 1. The number of ether oxygens (including phenoxy) is 6. The van der Waals surface area contributed by atoms with E-state index in [0.717, 1.165) is 17.2 Å². The van der Waals surface area contributed by atoms with Crippen molar-refractivity contribution in [3.8, 4) is 5.75 Å². The molecule has 0 saturated carbocycles. The van der Waals surface area contributed by atoms with Crippen LogP contribution in [0.15, 0.2) is 35.9 Å². The van der Waals surface area contributed by atoms with Crippen LogP contribution in [0.25, 0.3) is 0 Å². The van der Waals surface area contributed by atoms with Crippen LogP contribution in [-0.2, 0) is 49.3 Å². The van der Waals surface area contributed by atoms with E-state index < -0.39 is 73.7 Å². The summed E-state index contributed by atoms with van der Waals surface area (Å²) in [5, 5.41) is 14.5. The number of nitrogens with one attached hydrogen (secondary N) is 1. The predicted molar refractivity (Wildman–Crippen MR) is 229 cm³/mol. The van der Waals surface area contributed by atoms with Crippen molar-refractivity contribution in [2.45, 2.75) is 140 Å². The van der Waals surface area contributed by atoms with Crippen molar-refractivity contribution < 1.29 is 57.5 Å². The van der Waals surface area contributed by atoms with Gasteiger partial charge in [-0.2, -0.15) is 0 Å². The molecule has 2 fully saturated rings. The van der Waals surface area contributed by atoms with Crippen LogP contribution in [0, 0.1) is 5.92 Å². The summed E-state index contributed by atoms with van der Waals surface area (Å²) in [7, 11) is 4.65. The average Bonchev–Trinajstić information content (AvgIpc) is 3.87. The van der Waals surface area contributed by atoms with Crippen LogP contribution < -0.4 is 15.0 Å². The lowest BCUT2D eigenvalue weighted by Gasteiger charge is -2.42. The zero-order valence-electron chi connectivity index (χ0n) is 36.9. The Bertz CT molecular complexity index is 1820. The Balaban J connectivity index is 1.58. The third kappa shape index (κ3) is 12.3. The summed E-state index contributed by atoms with van der Waals surface area (Å²) >= 11 is 6.78. The number of anilines is 1. The van der Waals surface area contributed by atoms with Crippen molar-refractivity contribution in [2.24, 2.45) is 5.92 Å². The molecule has 15 nitrogen and oxygen atoms in total. The van der Waals surface area contributed by atoms with Crippen molar-refractivity contribution in [2.75, 3.05) is 39.8 Å². The molecule has 0 aliphatic carbocycles. The second-order valence-electron chi connectivity index (χ2n) is 17.6. The standard InChI is InChI=1S/C43H64ClN3O12Si/c1-26-15-14-16-33(55-8)43(53)25-32(57-41(52)45-43)27(2)39-42(4,59-39)34(24-36(49)47(6)30-22-29(21-26)23-31(54-7)38(30)44)58-40(51)28(3)46(5)35(48)17-12-13-18-37(50)56-19-20-60(9,10)11/h14-16,22-23,27-28,32-34,39,53H,12-13,17-21,24-25H2,1-11H3,(H,45,52)/b16-14+,26-15+/t27-,28+,32+,33-,34+,39?,42+,43+/m1/s1. The minimum absolute atomic E-state index is 0.0681. The number of esters is 2. The number of benzene rings is 1. The highest BCUT2D eigenvalue weighted by atomic mass is 35.5. The van der Waals surface area contributed by atoms with Gasteiger partial charge in [-0.1, -0.05) is 62.0 Å². The van der Waals surface area contributed by atoms with Gasteiger partial charge in [0, 0.05) is 54.5 Å². The molecule has 8 atom stereocenters. The number of carbonyl (C=O) groups excluding carboxylic acids is 5. The summed E-state index contributed by atoms with van der Waals surface area (Å²) < 4.78 is 34.7. The monoisotopic (exact) mass is 877 g/mol. The summed E-state index contributed by atoms with van der Waals surface area (Å²) in [6, 6.07) is 3.41. The number of hydrogen-bond acceptors (Lipinski definition) is 12. The third-order valence-electron chi connectivity index (χ3n) is 11.7. The number of alkyl carbamates (subject to hydrolysis) is 1. The second-order valence-corrected chi connectivity index (χ2v) is 23.6. The molecular formula is C43H64ClN3O12Si. The van der Waals surface area contributed by atoms with Gasteiger partial charge in [-0.3, -0.25) is 19.7 Å². The number of halogens is 1. The fraction of sp³-hybridized carbons (Fsp3) is 0.651. The van der Waals surface area contributed by atoms with Gasteiger partial charge in [0.25, 0.3) is 0 Å². The number of epoxide rings is 1. The maximum absolute atomic E-state index is 14.2. The fourth-order valence-electron chi connectivity index (χ4n) is 7.48. The summed E-state index contributed by atoms with van der Waals surface area (Å²) in [4.78, 5) is 69.1. The number of nitrogens with zero attached hydrogens (tertiary/aromatic N) is 2. The first-order chi connectivity index (χ1) is 28.0. The zero-order valence-corrected chi connectivity index (χ0v) is 38.7. The first-order valence-electron chi connectivity index (χ1n) is 20.5. The Morgan fingerprint density at radius 1 is 1.15 bits per heavy atom. The summed E-state index contributed by atoms with van der Waals surface area (Å²) in [5.41, 5.74) is -1.01. The van der Waals surface area contributed by atoms with Gasteiger partial charge in [0.1, 0.15) is 40.7 Å². The Hall–Kier alpha value is -3.96. The van der Waals surface area contributed by atoms with Gasteiger partial charge >= 0.3 is 18.0 Å². The van der Waals surface area contributed by atoms with Crippen molar-refractivity contribution in [1.82, 2.24) is 10.2 Å². The molecule has 334 valence electrons. The normalized spacial score (nSPS) is 29.1. The fourth-order valence-corrected chi connectivity index (χ4v) is 8.51. The minimum atomic E-state index is -1.85. The van der Waals surface area contributed by atoms with Crippen molar-refractivity contribution in [3.63, 3.8) is 0 Å². The van der Waals surface area contributed by atoms with Gasteiger partial charge < -0.3 is 43.3 Å². The molecule has 60 heavy (non-hydrogen) atoms. The Morgan fingerprint density at radius 3 is 2.48 bits per heavy atom. The lowest BCUT2D eigenvalue weighted by atomic mass is 9.83. The second kappa shape index (κ2) is 20.3. The topological polar surface area (TPSA) is 183 Å². The van der Waals surface area contributed by atoms with Crippen molar-refractivity contribution >= 4 is 55.2 Å². The van der Waals surface area contributed by atoms with Crippen LogP contribution >= 0.6 is 11.6 Å². The van der Waals surface area contributed by atoms with Crippen LogP contribution in [-0.4, -0.2) is 125 Å². The number of hydrogen-bond donors (Lipinski definition) is 2. The molecule has 2 N–H and O–H groups in total. The number of methoxy groups -OCH3 is 2. The molecule has 17 heteroatoms. The molecule has 2 saturated heterocycles. The highest BCUT2D eigenvalue weighted by Crippen LogP contribution is 2.49. The molecule has 4 rings (SSSR count). The molecular weight excluding hydrogens is 814 g/mol. The molecule has 3 amide bonds. The zero-order chi connectivity index (χ0) is 44.7. The molecule has 1 unspecified atom stereocenters. The number of likely N-dealkylation sites (N-methyl/N-ethyl adjacent to an activating group) is 1. The van der Waals surface area contributed by atoms with E-state index in [0.29, 0.717) is 37.3 Å². The first-order valence-corrected chi connectivity index (χ1v) is 24.6. The Labute approximate surface area is 360 Å². The molecule has 3 aliphatic rings. The van der Waals surface area contributed by atoms with E-state index >= 15 is 0 Å². The molecule has 4 bridgehead atoms. The van der Waals surface area contributed by atoms with E-state index in [9.17, 15) is 29.1 Å². The molecule has 3 aliphatic heterocycles. The average molecular weight is 879 g/mol. The first kappa shape index (κ1) is 48.7. The van der Waals surface area contributed by atoms with E-state index in [-0.39, 0.29) is 42.6 Å². The molecule has 3 heterocycles. The van der Waals surface area contributed by atoms with Gasteiger partial charge in [0.2, 0.25) is 11.8 Å². The van der Waals surface area contributed by atoms with Crippen LogP contribution in [0.1, 0.15) is 71.8 Å². The van der Waals surface area contributed by atoms with Crippen LogP contribution in [0.3, 0.4) is 0 Å². The molecule has 0 spiro atoms. The van der Waals surface area contributed by atoms with E-state index in [1.54, 1.807) is 45.2 Å². The van der Waals surface area contributed by atoms with Crippen molar-refractivity contribution in [1.29, 1.82) is 0 Å². The summed E-state index contributed by atoms with van der Waals surface area (Å²) in [6.45, 7) is 14.0. The smallest absolute Gasteiger partial charge is 0.409 e. The number of carbonyl (C=O) groups is 5. The molecule has 1 aromatic carbocycles. The quantitative estimate of drug-likeness (QED) is 0.0782. The Morgan fingerprint density at radius 2 is 1.83 bits per heavy atom. The van der Waals surface area contributed by atoms with Gasteiger partial charge in [0.05, 0.1) is 31.9 Å². The predicted octanol–water partition coefficient (Wildman–Crippen LogP) is 5.96. The van der Waals surface area contributed by atoms with E-state index in [2.05, 4.69) is 25.0 Å². The highest BCUT2D eigenvalue weighted by molar-refractivity contribution is 6.76. The number of allylic oxidation sites excluding steroid dienone is 3. The SMILES string of the molecule is COc1cc2cc(c1Cl)N(C)C(=O)C[C@H](OC(=O)[C@H](C)N(C)C(=O)CCCCC(=O)OCC[Si](C)(C)C)[C@]1(C)OC1[C@H](C)[C@@H]1C[C@@](O)(NC(=O)O1)[C@H](OC)/C=C/C=C(\C)C2. The third-order valence-corrected chi connectivity index (χ3v) is 13.7. The minimum Gasteiger partial charge on any atom is -0.495 e. The molecule has 1 aromatic rings. The highest BCUT2D eigenvalue weighted by Gasteiger charge is 2.64. The number of rotatable bonds is 13. The maximum atomic E-state index is 14.2. The molecule has 0 radical (unpaired) electrons. The largest absolute Gasteiger partial charge is 0.495 e. The Kier molecular flexibility index (Phi) is 16.5. The van der Waals surface area contributed by atoms with Crippen molar-refractivity contribution in [3.05, 3.63) is 46.5 Å². The van der Waals surface area contributed by atoms with E-state index in [1.807, 2.05) is 13.0 Å². The van der Waals surface area contributed by atoms with Gasteiger partial charge in [0.15, 0.2) is 5.72 Å². The van der Waals surface area contributed by atoms with E-state index in [4.69, 9.17) is 40.0 Å². The summed E-state index contributed by atoms with van der Waals surface area (Å²) in [6.07, 6.45) is 1.92. The number of amides is 3. The summed E-state index contributed by atoms with van der Waals surface area (Å²) in [5.74, 6) is -2.02. The van der Waals surface area contributed by atoms with Crippen LogP contribution in [0.2, 0.25) is 30.7 Å². The number of unbranched alkanes of at least 4 members (excludes halogenated alkanes) is 1. The van der Waals surface area contributed by atoms with Gasteiger partial charge in [-0.05, 0) is 63.8 Å². The molecule has 0 aromatic heterocycles. The van der Waals surface area contributed by atoms with Crippen LogP contribution in [0.4, 0.5) is 10.5 Å². The lowest BCUT2D eigenvalue weighted by molar-refractivity contribution is -0.162. The van der Waals surface area contributed by atoms with Gasteiger partial charge in [-0.25, -0.2) is 9.59 Å². The lowest BCUT2D eigenvalue weighted by Crippen LogP contribution is -2.63. The van der Waals surface area contributed by atoms with E-state index in [1.165, 1.54) is 38.0 Å². The van der Waals surface area contributed by atoms with Gasteiger partial charge in [-0.15, -0.1) is 0 Å².